The topological polar surface area (TPSA) is 34.2 Å². The molecule has 0 amide bonds. The van der Waals surface area contributed by atoms with E-state index in [4.69, 9.17) is 14.2 Å². The highest BCUT2D eigenvalue weighted by Crippen LogP contribution is 2.35. The van der Waals surface area contributed by atoms with Gasteiger partial charge in [0.25, 0.3) is 0 Å². The quantitative estimate of drug-likeness (QED) is 0.505. The maximum absolute atomic E-state index is 13.5. The Kier molecular flexibility index (Phi) is 9.18. The lowest BCUT2D eigenvalue weighted by atomic mass is 9.96. The van der Waals surface area contributed by atoms with Crippen molar-refractivity contribution in [2.24, 2.45) is 5.92 Å². The van der Waals surface area contributed by atoms with Crippen molar-refractivity contribution in [3.63, 3.8) is 0 Å². The summed E-state index contributed by atoms with van der Waals surface area (Å²) in [6.07, 6.45) is 3.35. The number of piperidine rings is 1. The molecule has 3 rings (SSSR count). The molecule has 1 heterocycles. The van der Waals surface area contributed by atoms with Crippen molar-refractivity contribution >= 4 is 0 Å². The van der Waals surface area contributed by atoms with E-state index in [-0.39, 0.29) is 5.82 Å². The summed E-state index contributed by atoms with van der Waals surface area (Å²) in [7, 11) is 4.99. The van der Waals surface area contributed by atoms with Crippen LogP contribution >= 0.6 is 0 Å². The Morgan fingerprint density at radius 3 is 2.47 bits per heavy atom. The smallest absolute Gasteiger partial charge is 0.164 e. The third kappa shape index (κ3) is 6.59. The fraction of sp³-hybridized carbons (Fsp3) is 0.538. The Morgan fingerprint density at radius 1 is 1.03 bits per heavy atom. The lowest BCUT2D eigenvalue weighted by Crippen LogP contribution is -2.41. The van der Waals surface area contributed by atoms with Gasteiger partial charge in [-0.05, 0) is 62.0 Å². The van der Waals surface area contributed by atoms with Gasteiger partial charge in [-0.1, -0.05) is 19.1 Å². The van der Waals surface area contributed by atoms with Crippen LogP contribution in [0.5, 0.6) is 17.2 Å². The summed E-state index contributed by atoms with van der Waals surface area (Å²) in [5.41, 5.74) is 2.17. The summed E-state index contributed by atoms with van der Waals surface area (Å²) in [5.74, 6) is 2.70. The van der Waals surface area contributed by atoms with Gasteiger partial charge in [0.05, 0.1) is 21.3 Å². The van der Waals surface area contributed by atoms with Crippen LogP contribution in [0.2, 0.25) is 0 Å². The minimum Gasteiger partial charge on any atom is -0.496 e. The Hall–Kier alpha value is -2.31. The molecule has 1 saturated heterocycles. The van der Waals surface area contributed by atoms with Crippen LogP contribution in [0.4, 0.5) is 4.39 Å². The molecule has 0 spiro atoms. The fourth-order valence-electron chi connectivity index (χ4n) is 4.61. The van der Waals surface area contributed by atoms with Crippen molar-refractivity contribution in [1.82, 2.24) is 9.80 Å². The predicted molar refractivity (Wildman–Crippen MR) is 126 cm³/mol. The van der Waals surface area contributed by atoms with E-state index >= 15 is 0 Å². The molecule has 0 saturated carbocycles. The molecule has 32 heavy (non-hydrogen) atoms. The van der Waals surface area contributed by atoms with Gasteiger partial charge in [0.15, 0.2) is 11.5 Å². The molecule has 176 valence electrons. The average molecular weight is 445 g/mol. The van der Waals surface area contributed by atoms with Crippen molar-refractivity contribution in [2.75, 3.05) is 54.1 Å². The summed E-state index contributed by atoms with van der Waals surface area (Å²) in [6.45, 7) is 8.23. The summed E-state index contributed by atoms with van der Waals surface area (Å²) in [5, 5.41) is 0. The number of benzene rings is 2. The lowest BCUT2D eigenvalue weighted by Gasteiger charge is -2.35. The Bertz CT molecular complexity index is 861. The highest BCUT2D eigenvalue weighted by atomic mass is 19.1. The number of ether oxygens (including phenoxy) is 3. The van der Waals surface area contributed by atoms with Crippen molar-refractivity contribution in [2.45, 2.75) is 32.7 Å². The third-order valence-electron chi connectivity index (χ3n) is 6.35. The number of methoxy groups -OCH3 is 3. The molecule has 1 atom stereocenters. The van der Waals surface area contributed by atoms with Gasteiger partial charge in [0, 0.05) is 37.8 Å². The number of nitrogens with zero attached hydrogens (tertiary/aromatic N) is 2. The van der Waals surface area contributed by atoms with E-state index in [1.54, 1.807) is 33.5 Å². The first-order valence-corrected chi connectivity index (χ1v) is 11.5. The molecule has 6 heteroatoms. The van der Waals surface area contributed by atoms with Gasteiger partial charge in [-0.2, -0.15) is 0 Å². The van der Waals surface area contributed by atoms with Crippen LogP contribution in [-0.2, 0) is 13.0 Å². The zero-order chi connectivity index (χ0) is 22.9. The number of hydrogen-bond acceptors (Lipinski definition) is 5. The molecule has 1 fully saturated rings. The largest absolute Gasteiger partial charge is 0.496 e. The fourth-order valence-corrected chi connectivity index (χ4v) is 4.61. The van der Waals surface area contributed by atoms with Gasteiger partial charge in [-0.3, -0.25) is 4.90 Å². The standard InChI is InChI=1S/C26H37FN2O3/c1-5-28(19-22-15-25(31-3)26(32-4)16-24(22)30-2)17-21-9-7-12-29(18-21)13-11-20-8-6-10-23(27)14-20/h6,8,10,14-16,21H,5,7,9,11-13,17-19H2,1-4H3. The van der Waals surface area contributed by atoms with Crippen LogP contribution in [0, 0.1) is 11.7 Å². The first kappa shape index (κ1) is 24.3. The molecule has 2 aromatic rings. The lowest BCUT2D eigenvalue weighted by molar-refractivity contribution is 0.132. The van der Waals surface area contributed by atoms with Crippen LogP contribution in [0.15, 0.2) is 36.4 Å². The van der Waals surface area contributed by atoms with E-state index in [1.165, 1.54) is 18.9 Å². The van der Waals surface area contributed by atoms with Crippen LogP contribution in [-0.4, -0.2) is 63.9 Å². The molecule has 2 aromatic carbocycles. The number of halogens is 1. The second-order valence-electron chi connectivity index (χ2n) is 8.54. The summed E-state index contributed by atoms with van der Waals surface area (Å²) in [4.78, 5) is 5.01. The van der Waals surface area contributed by atoms with Gasteiger partial charge in [-0.15, -0.1) is 0 Å². The van der Waals surface area contributed by atoms with Gasteiger partial charge in [0.2, 0.25) is 0 Å². The monoisotopic (exact) mass is 444 g/mol. The van der Waals surface area contributed by atoms with Gasteiger partial charge in [0.1, 0.15) is 11.6 Å². The van der Waals surface area contributed by atoms with E-state index < -0.39 is 0 Å². The normalized spacial score (nSPS) is 16.9. The second kappa shape index (κ2) is 12.1. The van der Waals surface area contributed by atoms with Crippen LogP contribution in [0.1, 0.15) is 30.9 Å². The summed E-state index contributed by atoms with van der Waals surface area (Å²) in [6, 6.07) is 10.9. The number of rotatable bonds is 11. The minimum atomic E-state index is -0.150. The molecule has 0 N–H and O–H groups in total. The molecule has 0 bridgehead atoms. The highest BCUT2D eigenvalue weighted by Gasteiger charge is 2.23. The predicted octanol–water partition coefficient (Wildman–Crippen LogP) is 4.63. The average Bonchev–Trinajstić information content (AvgIpc) is 2.82. The Labute approximate surface area is 192 Å². The number of hydrogen-bond donors (Lipinski definition) is 0. The zero-order valence-corrected chi connectivity index (χ0v) is 19.9. The maximum Gasteiger partial charge on any atom is 0.164 e. The molecule has 5 nitrogen and oxygen atoms in total. The Balaban J connectivity index is 1.59. The Morgan fingerprint density at radius 2 is 1.78 bits per heavy atom. The van der Waals surface area contributed by atoms with Gasteiger partial charge >= 0.3 is 0 Å². The molecule has 0 radical (unpaired) electrons. The molecule has 1 aliphatic heterocycles. The van der Waals surface area contributed by atoms with Crippen molar-refractivity contribution in [3.05, 3.63) is 53.3 Å². The van der Waals surface area contributed by atoms with Crippen molar-refractivity contribution in [3.8, 4) is 17.2 Å². The zero-order valence-electron chi connectivity index (χ0n) is 19.9. The molecule has 0 aliphatic carbocycles. The molecule has 1 unspecified atom stereocenters. The molecule has 1 aliphatic rings. The van der Waals surface area contributed by atoms with E-state index in [0.717, 1.165) is 68.3 Å². The highest BCUT2D eigenvalue weighted by molar-refractivity contribution is 5.50. The van der Waals surface area contributed by atoms with E-state index in [0.29, 0.717) is 11.7 Å². The van der Waals surface area contributed by atoms with Crippen LogP contribution < -0.4 is 14.2 Å². The second-order valence-corrected chi connectivity index (χ2v) is 8.54. The van der Waals surface area contributed by atoms with Crippen molar-refractivity contribution < 1.29 is 18.6 Å². The molecule has 0 aromatic heterocycles. The van der Waals surface area contributed by atoms with Gasteiger partial charge < -0.3 is 19.1 Å². The van der Waals surface area contributed by atoms with E-state index in [1.807, 2.05) is 18.2 Å². The minimum absolute atomic E-state index is 0.150. The summed E-state index contributed by atoms with van der Waals surface area (Å²) < 4.78 is 30.0. The first-order chi connectivity index (χ1) is 15.6. The van der Waals surface area contributed by atoms with Crippen LogP contribution in [0.3, 0.4) is 0 Å². The van der Waals surface area contributed by atoms with E-state index in [2.05, 4.69) is 16.7 Å². The van der Waals surface area contributed by atoms with Gasteiger partial charge in [-0.25, -0.2) is 4.39 Å². The molecular weight excluding hydrogens is 407 g/mol. The van der Waals surface area contributed by atoms with E-state index in [9.17, 15) is 4.39 Å². The maximum atomic E-state index is 13.5. The summed E-state index contributed by atoms with van der Waals surface area (Å²) >= 11 is 0. The van der Waals surface area contributed by atoms with Crippen molar-refractivity contribution in [1.29, 1.82) is 0 Å². The SMILES string of the molecule is CCN(Cc1cc(OC)c(OC)cc1OC)CC1CCCN(CCc2cccc(F)c2)C1. The number of likely N-dealkylation sites (tertiary alicyclic amines) is 1. The third-order valence-corrected chi connectivity index (χ3v) is 6.35. The first-order valence-electron chi connectivity index (χ1n) is 11.5. The molecular formula is C26H37FN2O3. The van der Waals surface area contributed by atoms with Crippen LogP contribution in [0.25, 0.3) is 0 Å².